The molecule has 2 aromatic carbocycles. The van der Waals surface area contributed by atoms with Crippen LogP contribution in [0.2, 0.25) is 0 Å². The van der Waals surface area contributed by atoms with Gasteiger partial charge in [-0.2, -0.15) is 0 Å². The topological polar surface area (TPSA) is 85.4 Å². The summed E-state index contributed by atoms with van der Waals surface area (Å²) in [6.45, 7) is 0. The molecule has 0 saturated heterocycles. The van der Waals surface area contributed by atoms with Crippen LogP contribution in [0.15, 0.2) is 76.8 Å². The van der Waals surface area contributed by atoms with E-state index in [1.807, 2.05) is 0 Å². The molecule has 0 saturated carbocycles. The number of hydrogen-bond donors (Lipinski definition) is 1. The molecule has 138 valence electrons. The maximum absolute atomic E-state index is 13.6. The van der Waals surface area contributed by atoms with Crippen molar-refractivity contribution in [2.45, 2.75) is 9.92 Å². The van der Waals surface area contributed by atoms with E-state index in [1.165, 1.54) is 61.7 Å². The van der Waals surface area contributed by atoms with Crippen molar-refractivity contribution in [3.63, 3.8) is 0 Å². The lowest BCUT2D eigenvalue weighted by molar-refractivity contribution is 0.102. The van der Waals surface area contributed by atoms with E-state index in [0.717, 1.165) is 6.20 Å². The average Bonchev–Trinajstić information content (AvgIpc) is 2.70. The lowest BCUT2D eigenvalue weighted by Gasteiger charge is -2.08. The second-order valence-corrected chi connectivity index (χ2v) is 7.39. The second kappa shape index (κ2) is 7.55. The SMILES string of the molecule is COc1ccc(S(=O)(=O)c2ccc(C(=O)Nc3ccccc3F)cn2)cc1. The maximum Gasteiger partial charge on any atom is 0.257 e. The Labute approximate surface area is 155 Å². The molecule has 0 aliphatic rings. The maximum atomic E-state index is 13.6. The molecule has 0 aliphatic heterocycles. The largest absolute Gasteiger partial charge is 0.497 e. The number of ether oxygens (including phenoxy) is 1. The summed E-state index contributed by atoms with van der Waals surface area (Å²) in [5, 5.41) is 2.21. The summed E-state index contributed by atoms with van der Waals surface area (Å²) in [4.78, 5) is 16.1. The average molecular weight is 386 g/mol. The number of nitrogens with zero attached hydrogens (tertiary/aromatic N) is 1. The molecule has 3 aromatic rings. The van der Waals surface area contributed by atoms with Gasteiger partial charge < -0.3 is 10.1 Å². The molecule has 6 nitrogen and oxygen atoms in total. The molecule has 0 radical (unpaired) electrons. The third-order valence-electron chi connectivity index (χ3n) is 3.77. The zero-order valence-corrected chi connectivity index (χ0v) is 15.0. The Kier molecular flexibility index (Phi) is 5.18. The summed E-state index contributed by atoms with van der Waals surface area (Å²) in [5.74, 6) is -0.638. The van der Waals surface area contributed by atoms with Crippen molar-refractivity contribution in [2.24, 2.45) is 0 Å². The molecule has 3 rings (SSSR count). The molecular formula is C19H15FN2O4S. The molecule has 0 bridgehead atoms. The fourth-order valence-electron chi connectivity index (χ4n) is 2.31. The highest BCUT2D eigenvalue weighted by Crippen LogP contribution is 2.22. The van der Waals surface area contributed by atoms with E-state index in [2.05, 4.69) is 10.3 Å². The first kappa shape index (κ1) is 18.5. The number of rotatable bonds is 5. The number of methoxy groups -OCH3 is 1. The predicted octanol–water partition coefficient (Wildman–Crippen LogP) is 3.31. The third kappa shape index (κ3) is 3.95. The number of halogens is 1. The van der Waals surface area contributed by atoms with Crippen LogP contribution in [-0.4, -0.2) is 26.4 Å². The van der Waals surface area contributed by atoms with Crippen LogP contribution in [0, 0.1) is 5.82 Å². The predicted molar refractivity (Wildman–Crippen MR) is 97.0 cm³/mol. The first-order valence-electron chi connectivity index (χ1n) is 7.83. The normalized spacial score (nSPS) is 11.0. The number of carbonyl (C=O) groups excluding carboxylic acids is 1. The van der Waals surface area contributed by atoms with E-state index in [9.17, 15) is 17.6 Å². The molecule has 1 aromatic heterocycles. The van der Waals surface area contributed by atoms with Gasteiger partial charge in [-0.15, -0.1) is 0 Å². The van der Waals surface area contributed by atoms with Gasteiger partial charge in [-0.3, -0.25) is 4.79 Å². The van der Waals surface area contributed by atoms with Gasteiger partial charge in [-0.1, -0.05) is 12.1 Å². The van der Waals surface area contributed by atoms with E-state index in [0.29, 0.717) is 5.75 Å². The van der Waals surface area contributed by atoms with Crippen LogP contribution in [0.3, 0.4) is 0 Å². The van der Waals surface area contributed by atoms with Crippen LogP contribution in [0.25, 0.3) is 0 Å². The number of anilines is 1. The molecule has 27 heavy (non-hydrogen) atoms. The molecule has 1 heterocycles. The molecule has 0 aliphatic carbocycles. The number of aromatic nitrogens is 1. The first-order valence-corrected chi connectivity index (χ1v) is 9.31. The van der Waals surface area contributed by atoms with Gasteiger partial charge in [0, 0.05) is 6.20 Å². The van der Waals surface area contributed by atoms with Crippen molar-refractivity contribution >= 4 is 21.4 Å². The molecule has 0 atom stereocenters. The van der Waals surface area contributed by atoms with Crippen LogP contribution in [-0.2, 0) is 9.84 Å². The lowest BCUT2D eigenvalue weighted by Crippen LogP contribution is -2.14. The van der Waals surface area contributed by atoms with Crippen LogP contribution >= 0.6 is 0 Å². The number of nitrogens with one attached hydrogen (secondary N) is 1. The van der Waals surface area contributed by atoms with Crippen molar-refractivity contribution in [3.8, 4) is 5.75 Å². The van der Waals surface area contributed by atoms with Gasteiger partial charge in [-0.25, -0.2) is 17.8 Å². The quantitative estimate of drug-likeness (QED) is 0.727. The van der Waals surface area contributed by atoms with Crippen LogP contribution in [0.5, 0.6) is 5.75 Å². The van der Waals surface area contributed by atoms with E-state index in [-0.39, 0.29) is 21.2 Å². The Bertz CT molecular complexity index is 1070. The molecule has 0 fully saturated rings. The lowest BCUT2D eigenvalue weighted by atomic mass is 10.2. The zero-order valence-electron chi connectivity index (χ0n) is 14.2. The summed E-state index contributed by atoms with van der Waals surface area (Å²) in [5.41, 5.74) is 0.129. The van der Waals surface area contributed by atoms with Crippen molar-refractivity contribution in [2.75, 3.05) is 12.4 Å². The fraction of sp³-hybridized carbons (Fsp3) is 0.0526. The van der Waals surface area contributed by atoms with Crippen molar-refractivity contribution in [1.29, 1.82) is 0 Å². The Morgan fingerprint density at radius 3 is 2.33 bits per heavy atom. The van der Waals surface area contributed by atoms with Gasteiger partial charge >= 0.3 is 0 Å². The number of sulfone groups is 1. The minimum absolute atomic E-state index is 0.0254. The van der Waals surface area contributed by atoms with Gasteiger partial charge in [-0.05, 0) is 48.5 Å². The van der Waals surface area contributed by atoms with Crippen molar-refractivity contribution in [3.05, 3.63) is 78.2 Å². The number of hydrogen-bond acceptors (Lipinski definition) is 5. The summed E-state index contributed by atoms with van der Waals surface area (Å²) in [6, 6.07) is 14.2. The van der Waals surface area contributed by atoms with Gasteiger partial charge in [0.05, 0.1) is 23.3 Å². The summed E-state index contributed by atoms with van der Waals surface area (Å²) < 4.78 is 43.8. The van der Waals surface area contributed by atoms with E-state index in [1.54, 1.807) is 6.07 Å². The summed E-state index contributed by atoms with van der Waals surface area (Å²) >= 11 is 0. The number of amides is 1. The van der Waals surface area contributed by atoms with Gasteiger partial charge in [0.2, 0.25) is 9.84 Å². The summed E-state index contributed by atoms with van der Waals surface area (Å²) in [7, 11) is -2.35. The van der Waals surface area contributed by atoms with Gasteiger partial charge in [0.15, 0.2) is 5.03 Å². The Balaban J connectivity index is 1.81. The third-order valence-corrected chi connectivity index (χ3v) is 5.45. The zero-order chi connectivity index (χ0) is 19.4. The van der Waals surface area contributed by atoms with E-state index < -0.39 is 21.6 Å². The minimum Gasteiger partial charge on any atom is -0.497 e. The number of para-hydroxylation sites is 1. The molecular weight excluding hydrogens is 371 g/mol. The smallest absolute Gasteiger partial charge is 0.257 e. The highest BCUT2D eigenvalue weighted by atomic mass is 32.2. The van der Waals surface area contributed by atoms with E-state index in [4.69, 9.17) is 4.74 Å². The summed E-state index contributed by atoms with van der Waals surface area (Å²) in [6.07, 6.45) is 1.13. The number of carbonyl (C=O) groups is 1. The number of pyridine rings is 1. The minimum atomic E-state index is -3.83. The monoisotopic (exact) mass is 386 g/mol. The van der Waals surface area contributed by atoms with Crippen molar-refractivity contribution < 1.29 is 22.3 Å². The molecule has 1 amide bonds. The van der Waals surface area contributed by atoms with Gasteiger partial charge in [0.1, 0.15) is 11.6 Å². The molecule has 8 heteroatoms. The second-order valence-electron chi connectivity index (χ2n) is 5.50. The molecule has 0 unspecified atom stereocenters. The first-order chi connectivity index (χ1) is 12.9. The van der Waals surface area contributed by atoms with Crippen LogP contribution in [0.4, 0.5) is 10.1 Å². The van der Waals surface area contributed by atoms with E-state index >= 15 is 0 Å². The van der Waals surface area contributed by atoms with Crippen LogP contribution < -0.4 is 10.1 Å². The highest BCUT2D eigenvalue weighted by molar-refractivity contribution is 7.91. The Morgan fingerprint density at radius 1 is 1.04 bits per heavy atom. The highest BCUT2D eigenvalue weighted by Gasteiger charge is 2.20. The van der Waals surface area contributed by atoms with Crippen LogP contribution in [0.1, 0.15) is 10.4 Å². The Hall–Kier alpha value is -3.26. The van der Waals surface area contributed by atoms with Crippen molar-refractivity contribution in [1.82, 2.24) is 4.98 Å². The fourth-order valence-corrected chi connectivity index (χ4v) is 3.48. The number of benzene rings is 2. The van der Waals surface area contributed by atoms with Gasteiger partial charge in [0.25, 0.3) is 5.91 Å². The standard InChI is InChI=1S/C19H15FN2O4S/c1-26-14-7-9-15(10-8-14)27(24,25)18-11-6-13(12-21-18)19(23)22-17-5-3-2-4-16(17)20/h2-12H,1H3,(H,22,23). The Morgan fingerprint density at radius 2 is 1.74 bits per heavy atom. The molecule has 1 N–H and O–H groups in total. The molecule has 0 spiro atoms.